The van der Waals surface area contributed by atoms with Crippen LogP contribution in [0.3, 0.4) is 0 Å². The van der Waals surface area contributed by atoms with Crippen LogP contribution in [0.1, 0.15) is 53.2 Å². The van der Waals surface area contributed by atoms with E-state index in [1.165, 1.54) is 23.9 Å². The normalized spacial score (nSPS) is 18.3. The average molecular weight is 621 g/mol. The number of aromatic nitrogens is 4. The van der Waals surface area contributed by atoms with Crippen LogP contribution in [0.2, 0.25) is 5.02 Å². The quantitative estimate of drug-likeness (QED) is 0.279. The molecule has 0 saturated carbocycles. The second-order valence-corrected chi connectivity index (χ2v) is 11.1. The van der Waals surface area contributed by atoms with Crippen LogP contribution in [0.25, 0.3) is 16.8 Å². The highest BCUT2D eigenvalue weighted by Crippen LogP contribution is 2.33. The van der Waals surface area contributed by atoms with Gasteiger partial charge in [-0.05, 0) is 61.2 Å². The molecule has 11 nitrogen and oxygen atoms in total. The number of rotatable bonds is 5. The first-order chi connectivity index (χ1) is 21.0. The minimum atomic E-state index is -0.978. The molecule has 0 radical (unpaired) electrons. The van der Waals surface area contributed by atoms with Gasteiger partial charge in [0.05, 0.1) is 42.1 Å². The number of carbonyl (C=O) groups excluding carboxylic acids is 3. The number of pyridine rings is 1. The Morgan fingerprint density at radius 2 is 2.00 bits per heavy atom. The average Bonchev–Trinajstić information content (AvgIpc) is 3.38. The molecule has 2 amide bonds. The highest BCUT2D eigenvalue weighted by atomic mass is 35.5. The number of nitrogens with zero attached hydrogens (tertiary/aromatic N) is 4. The molecule has 1 aliphatic heterocycles. The monoisotopic (exact) mass is 620 g/mol. The lowest BCUT2D eigenvalue weighted by Crippen LogP contribution is -2.34. The number of amides is 2. The van der Waals surface area contributed by atoms with Crippen LogP contribution in [0.4, 0.5) is 10.1 Å². The smallest absolute Gasteiger partial charge is 0.309 e. The number of aliphatic hydroxyl groups excluding tert-OH is 1. The lowest BCUT2D eigenvalue weighted by Gasteiger charge is -2.25. The van der Waals surface area contributed by atoms with Gasteiger partial charge in [-0.15, -0.1) is 5.10 Å². The van der Waals surface area contributed by atoms with Crippen molar-refractivity contribution in [1.29, 1.82) is 0 Å². The largest absolute Gasteiger partial charge is 0.469 e. The molecular weight excluding hydrogens is 591 g/mol. The number of ether oxygens (including phenoxy) is 1. The van der Waals surface area contributed by atoms with Crippen molar-refractivity contribution >= 4 is 35.1 Å². The molecule has 3 N–H and O–H groups in total. The Bertz CT molecular complexity index is 1740. The first kappa shape index (κ1) is 30.8. The molecule has 0 unspecified atom stereocenters. The zero-order chi connectivity index (χ0) is 31.5. The number of fused-ring (bicyclic) bond motifs is 4. The maximum atomic E-state index is 14.7. The van der Waals surface area contributed by atoms with Crippen molar-refractivity contribution in [2.24, 2.45) is 5.92 Å². The Hall–Kier alpha value is -4.68. The summed E-state index contributed by atoms with van der Waals surface area (Å²) in [4.78, 5) is 43.0. The zero-order valence-corrected chi connectivity index (χ0v) is 24.9. The van der Waals surface area contributed by atoms with Gasteiger partial charge >= 0.3 is 5.97 Å². The standard InChI is InChI=1S/C31H30ClFN6O5/c1-16-11-20(40)15-25(36-31(43)29-17(2)39(38-37-29)26-6-4-5-22(32)28(26)33)24-14-19(9-10-34-24)21-8-7-18(13-27(41)44-3)12-23(21)35-30(16)42/h4-10,12,14,16,20,25,40H,11,13,15H2,1-3H3,(H,35,42)(H,36,43)/t16-,20+,25+/m1/s1. The van der Waals surface area contributed by atoms with Crippen LogP contribution in [0.15, 0.2) is 54.7 Å². The van der Waals surface area contributed by atoms with Crippen molar-refractivity contribution < 1.29 is 28.6 Å². The van der Waals surface area contributed by atoms with Crippen LogP contribution in [-0.2, 0) is 20.7 Å². The Labute approximate surface area is 257 Å². The van der Waals surface area contributed by atoms with Crippen molar-refractivity contribution in [2.75, 3.05) is 12.4 Å². The van der Waals surface area contributed by atoms with E-state index in [0.29, 0.717) is 28.1 Å². The van der Waals surface area contributed by atoms with Gasteiger partial charge in [-0.1, -0.05) is 41.9 Å². The summed E-state index contributed by atoms with van der Waals surface area (Å²) < 4.78 is 20.7. The second kappa shape index (κ2) is 12.9. The molecule has 0 fully saturated rings. The van der Waals surface area contributed by atoms with E-state index in [0.717, 1.165) is 0 Å². The fourth-order valence-electron chi connectivity index (χ4n) is 5.15. The number of carbonyl (C=O) groups is 3. The van der Waals surface area contributed by atoms with Crippen molar-refractivity contribution in [1.82, 2.24) is 25.3 Å². The molecule has 44 heavy (non-hydrogen) atoms. The number of esters is 1. The summed E-state index contributed by atoms with van der Waals surface area (Å²) >= 11 is 5.93. The Balaban J connectivity index is 1.51. The summed E-state index contributed by atoms with van der Waals surface area (Å²) in [5.41, 5.74) is 3.24. The van der Waals surface area contributed by atoms with E-state index in [4.69, 9.17) is 16.3 Å². The van der Waals surface area contributed by atoms with E-state index in [2.05, 4.69) is 25.9 Å². The highest BCUT2D eigenvalue weighted by Gasteiger charge is 2.28. The third-order valence-electron chi connectivity index (χ3n) is 7.52. The van der Waals surface area contributed by atoms with Crippen LogP contribution in [0.5, 0.6) is 0 Å². The SMILES string of the molecule is COC(=O)Cc1ccc2c(c1)NC(=O)[C@H](C)C[C@H](O)C[C@H](NC(=O)c1nnn(-c3cccc(Cl)c3F)c1C)c1cc-2ccn1. The zero-order valence-electron chi connectivity index (χ0n) is 24.2. The fraction of sp³-hybridized carbons (Fsp3) is 0.290. The Morgan fingerprint density at radius 3 is 2.77 bits per heavy atom. The second-order valence-electron chi connectivity index (χ2n) is 10.7. The molecule has 1 aliphatic rings. The van der Waals surface area contributed by atoms with E-state index in [-0.39, 0.29) is 47.3 Å². The number of aliphatic hydroxyl groups is 1. The highest BCUT2D eigenvalue weighted by molar-refractivity contribution is 6.30. The topological polar surface area (TPSA) is 148 Å². The van der Waals surface area contributed by atoms with Gasteiger partial charge < -0.3 is 20.5 Å². The summed E-state index contributed by atoms with van der Waals surface area (Å²) in [6.45, 7) is 3.28. The maximum Gasteiger partial charge on any atom is 0.309 e. The Kier molecular flexibility index (Phi) is 9.02. The number of methoxy groups -OCH3 is 1. The van der Waals surface area contributed by atoms with Crippen LogP contribution < -0.4 is 10.6 Å². The van der Waals surface area contributed by atoms with Gasteiger partial charge in [0.15, 0.2) is 11.5 Å². The minimum absolute atomic E-state index is 0.0254. The molecule has 3 heterocycles. The number of anilines is 1. The predicted molar refractivity (Wildman–Crippen MR) is 160 cm³/mol. The van der Waals surface area contributed by atoms with Gasteiger partial charge in [-0.2, -0.15) is 0 Å². The van der Waals surface area contributed by atoms with E-state index >= 15 is 0 Å². The van der Waals surface area contributed by atoms with Crippen LogP contribution in [-0.4, -0.2) is 56.1 Å². The first-order valence-corrected chi connectivity index (χ1v) is 14.3. The number of benzene rings is 2. The van der Waals surface area contributed by atoms with Crippen LogP contribution in [0, 0.1) is 18.7 Å². The van der Waals surface area contributed by atoms with Gasteiger partial charge in [-0.3, -0.25) is 19.4 Å². The molecule has 2 bridgehead atoms. The number of hydrogen-bond donors (Lipinski definition) is 3. The summed E-state index contributed by atoms with van der Waals surface area (Å²) in [5.74, 6) is -2.62. The van der Waals surface area contributed by atoms with E-state index in [1.807, 2.05) is 0 Å². The van der Waals surface area contributed by atoms with E-state index in [1.54, 1.807) is 56.4 Å². The summed E-state index contributed by atoms with van der Waals surface area (Å²) in [6, 6.07) is 12.5. The van der Waals surface area contributed by atoms with Crippen molar-refractivity contribution in [3.05, 3.63) is 88.2 Å². The van der Waals surface area contributed by atoms with E-state index in [9.17, 15) is 23.9 Å². The third kappa shape index (κ3) is 6.46. The van der Waals surface area contributed by atoms with Gasteiger partial charge in [0, 0.05) is 23.4 Å². The predicted octanol–water partition coefficient (Wildman–Crippen LogP) is 4.35. The molecule has 0 aliphatic carbocycles. The molecule has 5 rings (SSSR count). The molecule has 13 heteroatoms. The molecule has 228 valence electrons. The summed E-state index contributed by atoms with van der Waals surface area (Å²) in [6.07, 6.45) is 0.784. The number of halogens is 2. The van der Waals surface area contributed by atoms with Gasteiger partial charge in [-0.25, -0.2) is 9.07 Å². The van der Waals surface area contributed by atoms with Crippen molar-refractivity contribution in [3.63, 3.8) is 0 Å². The van der Waals surface area contributed by atoms with Crippen molar-refractivity contribution in [2.45, 2.75) is 45.3 Å². The molecule has 3 atom stereocenters. The molecule has 0 spiro atoms. The number of hydrogen-bond acceptors (Lipinski definition) is 8. The summed E-state index contributed by atoms with van der Waals surface area (Å²) in [7, 11) is 1.31. The molecule has 0 saturated heterocycles. The van der Waals surface area contributed by atoms with E-state index < -0.39 is 35.8 Å². The number of nitrogens with one attached hydrogen (secondary N) is 2. The lowest BCUT2D eigenvalue weighted by molar-refractivity contribution is -0.139. The third-order valence-corrected chi connectivity index (χ3v) is 7.81. The Morgan fingerprint density at radius 1 is 1.20 bits per heavy atom. The van der Waals surface area contributed by atoms with Crippen LogP contribution >= 0.6 is 11.6 Å². The maximum absolute atomic E-state index is 14.7. The van der Waals surface area contributed by atoms with Gasteiger partial charge in [0.1, 0.15) is 5.69 Å². The lowest BCUT2D eigenvalue weighted by atomic mass is 9.93. The molecule has 4 aromatic rings. The molecular formula is C31H30ClFN6O5. The summed E-state index contributed by atoms with van der Waals surface area (Å²) in [5, 5.41) is 24.7. The fourth-order valence-corrected chi connectivity index (χ4v) is 5.31. The minimum Gasteiger partial charge on any atom is -0.469 e. The van der Waals surface area contributed by atoms with Crippen molar-refractivity contribution in [3.8, 4) is 16.8 Å². The first-order valence-electron chi connectivity index (χ1n) is 13.9. The molecule has 2 aromatic heterocycles. The van der Waals surface area contributed by atoms with Gasteiger partial charge in [0.25, 0.3) is 5.91 Å². The van der Waals surface area contributed by atoms with Gasteiger partial charge in [0.2, 0.25) is 5.91 Å². The molecule has 2 aromatic carbocycles.